The van der Waals surface area contributed by atoms with E-state index in [1.807, 2.05) is 12.3 Å². The molecule has 0 spiro atoms. The second-order valence-corrected chi connectivity index (χ2v) is 18.1. The molecule has 2 aliphatic rings. The number of hydrogen-bond donors (Lipinski definition) is 0. The van der Waals surface area contributed by atoms with E-state index in [2.05, 4.69) is 175 Å². The minimum Gasteiger partial charge on any atom is -0.509 e. The van der Waals surface area contributed by atoms with Gasteiger partial charge >= 0.3 is 21.1 Å². The minimum atomic E-state index is -0.612. The van der Waals surface area contributed by atoms with Gasteiger partial charge in [-0.25, -0.2) is 4.98 Å². The van der Waals surface area contributed by atoms with E-state index < -0.39 is 5.54 Å². The third-order valence-corrected chi connectivity index (χ3v) is 13.3. The van der Waals surface area contributed by atoms with Crippen LogP contribution in [0.1, 0.15) is 94.0 Å². The second-order valence-electron chi connectivity index (χ2n) is 18.1. The fraction of sp³-hybridized carbons (Fsp3) is 0.236. The van der Waals surface area contributed by atoms with Crippen LogP contribution in [0.4, 0.5) is 0 Å². The molecule has 1 aliphatic carbocycles. The average molecular weight is 976 g/mol. The maximum absolute atomic E-state index is 7.18. The van der Waals surface area contributed by atoms with Crippen LogP contribution >= 0.6 is 0 Å². The number of aliphatic imine (C=N–C) groups is 1. The van der Waals surface area contributed by atoms with E-state index in [0.717, 1.165) is 61.0 Å². The predicted molar refractivity (Wildman–Crippen MR) is 247 cm³/mol. The molecule has 0 N–H and O–H groups in total. The van der Waals surface area contributed by atoms with Crippen LogP contribution in [0.15, 0.2) is 102 Å². The molecule has 0 unspecified atom stereocenters. The summed E-state index contributed by atoms with van der Waals surface area (Å²) in [5.74, 6) is 1.06. The van der Waals surface area contributed by atoms with Crippen LogP contribution in [-0.4, -0.2) is 20.0 Å². The van der Waals surface area contributed by atoms with Crippen molar-refractivity contribution in [3.05, 3.63) is 171 Å². The Morgan fingerprint density at radius 3 is 2.16 bits per heavy atom. The van der Waals surface area contributed by atoms with Gasteiger partial charge < -0.3 is 13.9 Å². The third kappa shape index (κ3) is 5.69. The van der Waals surface area contributed by atoms with Gasteiger partial charge in [0.2, 0.25) is 0 Å². The molecule has 61 heavy (non-hydrogen) atoms. The fourth-order valence-electron chi connectivity index (χ4n) is 10.6. The van der Waals surface area contributed by atoms with Crippen molar-refractivity contribution in [2.24, 2.45) is 4.99 Å². The fourth-order valence-corrected chi connectivity index (χ4v) is 10.6. The monoisotopic (exact) mass is 975 g/mol. The van der Waals surface area contributed by atoms with Gasteiger partial charge in [0.15, 0.2) is 0 Å². The van der Waals surface area contributed by atoms with Crippen LogP contribution in [0.25, 0.3) is 66.2 Å². The average Bonchev–Trinajstić information content (AvgIpc) is 3.85. The second kappa shape index (κ2) is 13.9. The number of ether oxygens (including phenoxy) is 1. The van der Waals surface area contributed by atoms with Gasteiger partial charge in [-0.1, -0.05) is 104 Å². The number of nitrogens with zero attached hydrogens (tertiary/aromatic N) is 4. The Balaban J connectivity index is 0.00000445. The standard InChI is InChI=1S/C55H48N4O.Pt/c1-29(2)37-14-18-46-43(26-37)40-12-11-19-56-53(40)58(46)38-15-16-39-42-22-30(3)13-17-47(42)59(49(39)27-38)48-28-41(33(6)25-34(48)7)54-57-55(10)45-24-32(5)21-36(9)51(45)50-35(8)20-31(4)23-44(50)52(55)60-54;/h11-26,29,52H,1-10H3;/q-2;+2/t52-,55+;/m0./s1. The molecule has 2 atom stereocenters. The summed E-state index contributed by atoms with van der Waals surface area (Å²) < 4.78 is 11.8. The Kier molecular flexibility index (Phi) is 8.96. The Bertz CT molecular complexity index is 3380. The molecule has 0 amide bonds. The summed E-state index contributed by atoms with van der Waals surface area (Å²) in [6, 6.07) is 41.6. The zero-order valence-electron chi connectivity index (χ0n) is 36.4. The molecule has 5 nitrogen and oxygen atoms in total. The zero-order valence-corrected chi connectivity index (χ0v) is 38.7. The summed E-state index contributed by atoms with van der Waals surface area (Å²) in [7, 11) is 0. The van der Waals surface area contributed by atoms with Gasteiger partial charge in [-0.05, 0) is 122 Å². The van der Waals surface area contributed by atoms with E-state index in [-0.39, 0.29) is 27.2 Å². The van der Waals surface area contributed by atoms with Crippen molar-refractivity contribution in [3.8, 4) is 22.5 Å². The number of aromatic nitrogens is 3. The summed E-state index contributed by atoms with van der Waals surface area (Å²) in [5.41, 5.74) is 21.0. The molecule has 0 fully saturated rings. The van der Waals surface area contributed by atoms with Crippen LogP contribution in [0, 0.1) is 60.6 Å². The number of pyridine rings is 1. The van der Waals surface area contributed by atoms with Gasteiger partial charge in [-0.15, -0.1) is 40.8 Å². The number of rotatable bonds is 4. The van der Waals surface area contributed by atoms with Crippen molar-refractivity contribution >= 4 is 49.6 Å². The first kappa shape index (κ1) is 39.4. The van der Waals surface area contributed by atoms with E-state index in [0.29, 0.717) is 11.8 Å². The van der Waals surface area contributed by atoms with Crippen molar-refractivity contribution in [1.82, 2.24) is 14.1 Å². The van der Waals surface area contributed by atoms with E-state index in [1.165, 1.54) is 66.4 Å². The summed E-state index contributed by atoms with van der Waals surface area (Å²) in [6.45, 7) is 22.1. The molecule has 6 aromatic carbocycles. The molecular weight excluding hydrogens is 928 g/mol. The van der Waals surface area contributed by atoms with Gasteiger partial charge in [0.05, 0.1) is 5.52 Å². The largest absolute Gasteiger partial charge is 2.00 e. The number of hydrogen-bond acceptors (Lipinski definition) is 3. The van der Waals surface area contributed by atoms with Gasteiger partial charge in [-0.2, -0.15) is 6.07 Å². The number of aryl methyl sites for hydroxylation is 7. The Morgan fingerprint density at radius 1 is 0.656 bits per heavy atom. The summed E-state index contributed by atoms with van der Waals surface area (Å²) in [6.07, 6.45) is 1.62. The molecule has 3 aromatic heterocycles. The first-order valence-corrected chi connectivity index (χ1v) is 21.2. The van der Waals surface area contributed by atoms with Crippen LogP contribution in [-0.2, 0) is 31.3 Å². The van der Waals surface area contributed by atoms with Gasteiger partial charge in [0.1, 0.15) is 23.2 Å². The van der Waals surface area contributed by atoms with Crippen molar-refractivity contribution in [3.63, 3.8) is 0 Å². The molecule has 1 aliphatic heterocycles. The van der Waals surface area contributed by atoms with Crippen molar-refractivity contribution in [1.29, 1.82) is 0 Å². The minimum absolute atomic E-state index is 0. The first-order valence-electron chi connectivity index (χ1n) is 21.2. The normalized spacial score (nSPS) is 16.8. The van der Waals surface area contributed by atoms with E-state index >= 15 is 0 Å². The zero-order chi connectivity index (χ0) is 41.5. The molecule has 0 radical (unpaired) electrons. The molecule has 6 heteroatoms. The Hall–Kier alpha value is -5.77. The van der Waals surface area contributed by atoms with Crippen LogP contribution in [0.3, 0.4) is 0 Å². The summed E-state index contributed by atoms with van der Waals surface area (Å²) in [4.78, 5) is 10.6. The number of benzene rings is 6. The summed E-state index contributed by atoms with van der Waals surface area (Å²) in [5, 5.41) is 4.66. The molecule has 0 saturated carbocycles. The van der Waals surface area contributed by atoms with Crippen molar-refractivity contribution in [2.45, 2.75) is 86.8 Å². The smallest absolute Gasteiger partial charge is 0.509 e. The summed E-state index contributed by atoms with van der Waals surface area (Å²) >= 11 is 0. The van der Waals surface area contributed by atoms with Crippen molar-refractivity contribution in [2.75, 3.05) is 0 Å². The maximum Gasteiger partial charge on any atom is 2.00 e. The van der Waals surface area contributed by atoms with Crippen LogP contribution < -0.4 is 0 Å². The van der Waals surface area contributed by atoms with Gasteiger partial charge in [-0.3, -0.25) is 4.99 Å². The van der Waals surface area contributed by atoms with Gasteiger partial charge in [0, 0.05) is 28.0 Å². The van der Waals surface area contributed by atoms with Crippen LogP contribution in [0.2, 0.25) is 0 Å². The third-order valence-electron chi connectivity index (χ3n) is 13.3. The molecule has 0 bridgehead atoms. The van der Waals surface area contributed by atoms with Gasteiger partial charge in [0.25, 0.3) is 0 Å². The van der Waals surface area contributed by atoms with E-state index in [9.17, 15) is 0 Å². The van der Waals surface area contributed by atoms with E-state index in [4.69, 9.17) is 14.7 Å². The molecular formula is C55H48N4OPt. The number of fused-ring (bicyclic) bond motifs is 12. The quantitative estimate of drug-likeness (QED) is 0.165. The molecule has 0 saturated heterocycles. The Morgan fingerprint density at radius 2 is 1.38 bits per heavy atom. The first-order chi connectivity index (χ1) is 28.8. The molecule has 304 valence electrons. The maximum atomic E-state index is 7.18. The molecule has 4 heterocycles. The topological polar surface area (TPSA) is 44.3 Å². The van der Waals surface area contributed by atoms with Crippen molar-refractivity contribution < 1.29 is 25.8 Å². The Labute approximate surface area is 372 Å². The SMILES string of the molecule is Cc1cc(C)c2c(c1)[C@@H]1OC(c3[c-]c(-n4c5[c-]c(-n6c7ccc(C(C)C)cc7c7cccnc76)ccc5c5cc(C)ccc54)c(C)cc3C)=N[C@]1(C)c1cc(C)cc(C)c1-2.[Pt+2]. The van der Waals surface area contributed by atoms with E-state index in [1.54, 1.807) is 0 Å². The predicted octanol–water partition coefficient (Wildman–Crippen LogP) is 13.6. The van der Waals surface area contributed by atoms with Crippen LogP contribution in [0.5, 0.6) is 0 Å². The molecule has 11 rings (SSSR count). The molecule has 9 aromatic rings.